The first-order valence-electron chi connectivity index (χ1n) is 7.46. The van der Waals surface area contributed by atoms with E-state index >= 15 is 0 Å². The van der Waals surface area contributed by atoms with E-state index in [0.29, 0.717) is 12.0 Å². The summed E-state index contributed by atoms with van der Waals surface area (Å²) >= 11 is 9.49. The van der Waals surface area contributed by atoms with Gasteiger partial charge in [-0.15, -0.1) is 0 Å². The Morgan fingerprint density at radius 1 is 1.30 bits per heavy atom. The summed E-state index contributed by atoms with van der Waals surface area (Å²) in [5.41, 5.74) is 1.27. The Kier molecular flexibility index (Phi) is 6.34. The molecule has 1 atom stereocenters. The summed E-state index contributed by atoms with van der Waals surface area (Å²) < 4.78 is 0.971. The van der Waals surface area contributed by atoms with E-state index in [1.807, 2.05) is 6.07 Å². The smallest absolute Gasteiger partial charge is 0.0548 e. The van der Waals surface area contributed by atoms with Crippen molar-refractivity contribution in [3.8, 4) is 0 Å². The van der Waals surface area contributed by atoms with Gasteiger partial charge in [0.15, 0.2) is 0 Å². The van der Waals surface area contributed by atoms with Crippen LogP contribution in [0.1, 0.15) is 32.3 Å². The predicted molar refractivity (Wildman–Crippen MR) is 90.3 cm³/mol. The van der Waals surface area contributed by atoms with Gasteiger partial charge < -0.3 is 5.32 Å². The summed E-state index contributed by atoms with van der Waals surface area (Å²) in [6.07, 6.45) is 2.71. The van der Waals surface area contributed by atoms with Crippen LogP contribution in [0, 0.1) is 5.92 Å². The van der Waals surface area contributed by atoms with Crippen LogP contribution in [0.4, 0.5) is 0 Å². The lowest BCUT2D eigenvalue weighted by atomic mass is 10.0. The van der Waals surface area contributed by atoms with Gasteiger partial charge in [-0.1, -0.05) is 31.5 Å². The van der Waals surface area contributed by atoms with E-state index in [0.717, 1.165) is 22.6 Å². The monoisotopic (exact) mass is 358 g/mol. The van der Waals surface area contributed by atoms with Crippen molar-refractivity contribution in [1.82, 2.24) is 10.2 Å². The first kappa shape index (κ1) is 16.3. The summed E-state index contributed by atoms with van der Waals surface area (Å²) in [5, 5.41) is 4.37. The molecule has 0 aromatic heterocycles. The summed E-state index contributed by atoms with van der Waals surface area (Å²) in [7, 11) is 0. The SMILES string of the molecule is CC(C)C(CNCc1ccc(Cl)c(Br)c1)N1CCCC1. The lowest BCUT2D eigenvalue weighted by Crippen LogP contribution is -2.44. The Balaban J connectivity index is 1.84. The Hall–Kier alpha value is -0.0900. The largest absolute Gasteiger partial charge is 0.311 e. The number of hydrogen-bond acceptors (Lipinski definition) is 2. The van der Waals surface area contributed by atoms with Crippen molar-refractivity contribution in [3.05, 3.63) is 33.3 Å². The molecule has 0 saturated carbocycles. The molecule has 0 aliphatic carbocycles. The minimum absolute atomic E-state index is 0.647. The Morgan fingerprint density at radius 3 is 2.60 bits per heavy atom. The minimum Gasteiger partial charge on any atom is -0.311 e. The average Bonchev–Trinajstić information content (AvgIpc) is 2.92. The van der Waals surface area contributed by atoms with Crippen LogP contribution in [0.3, 0.4) is 0 Å². The highest BCUT2D eigenvalue weighted by atomic mass is 79.9. The fourth-order valence-electron chi connectivity index (χ4n) is 2.87. The van der Waals surface area contributed by atoms with Crippen molar-refractivity contribution in [2.45, 2.75) is 39.3 Å². The van der Waals surface area contributed by atoms with Gasteiger partial charge in [0, 0.05) is 23.6 Å². The third-order valence-electron chi connectivity index (χ3n) is 4.05. The van der Waals surface area contributed by atoms with Crippen LogP contribution in [-0.2, 0) is 6.54 Å². The van der Waals surface area contributed by atoms with Crippen LogP contribution in [0.2, 0.25) is 5.02 Å². The van der Waals surface area contributed by atoms with Crippen molar-refractivity contribution in [1.29, 1.82) is 0 Å². The molecule has 0 radical (unpaired) electrons. The van der Waals surface area contributed by atoms with Gasteiger partial charge in [0.25, 0.3) is 0 Å². The van der Waals surface area contributed by atoms with Gasteiger partial charge in [-0.25, -0.2) is 0 Å². The number of nitrogens with one attached hydrogen (secondary N) is 1. The van der Waals surface area contributed by atoms with Crippen molar-refractivity contribution in [2.24, 2.45) is 5.92 Å². The van der Waals surface area contributed by atoms with E-state index < -0.39 is 0 Å². The minimum atomic E-state index is 0.647. The van der Waals surface area contributed by atoms with E-state index in [1.54, 1.807) is 0 Å². The molecule has 1 heterocycles. The Labute approximate surface area is 136 Å². The molecule has 1 aromatic rings. The maximum atomic E-state index is 6.02. The second-order valence-corrected chi connectivity index (χ2v) is 7.20. The first-order valence-corrected chi connectivity index (χ1v) is 8.63. The molecule has 1 unspecified atom stereocenters. The van der Waals surface area contributed by atoms with E-state index in [1.165, 1.54) is 31.5 Å². The highest BCUT2D eigenvalue weighted by molar-refractivity contribution is 9.10. The van der Waals surface area contributed by atoms with Crippen molar-refractivity contribution < 1.29 is 0 Å². The second kappa shape index (κ2) is 7.79. The molecule has 1 fully saturated rings. The van der Waals surface area contributed by atoms with Crippen LogP contribution in [0.5, 0.6) is 0 Å². The fraction of sp³-hybridized carbons (Fsp3) is 0.625. The lowest BCUT2D eigenvalue weighted by Gasteiger charge is -2.31. The molecule has 1 saturated heterocycles. The fourth-order valence-corrected chi connectivity index (χ4v) is 3.42. The molecule has 1 aliphatic heterocycles. The number of likely N-dealkylation sites (tertiary alicyclic amines) is 1. The zero-order valence-corrected chi connectivity index (χ0v) is 14.7. The van der Waals surface area contributed by atoms with Crippen LogP contribution >= 0.6 is 27.5 Å². The van der Waals surface area contributed by atoms with Gasteiger partial charge in [0.05, 0.1) is 5.02 Å². The maximum absolute atomic E-state index is 6.02. The molecule has 4 heteroatoms. The number of nitrogens with zero attached hydrogens (tertiary/aromatic N) is 1. The van der Waals surface area contributed by atoms with Gasteiger partial charge in [0.2, 0.25) is 0 Å². The topological polar surface area (TPSA) is 15.3 Å². The molecule has 20 heavy (non-hydrogen) atoms. The molecule has 2 nitrogen and oxygen atoms in total. The van der Waals surface area contributed by atoms with E-state index in [2.05, 4.69) is 52.1 Å². The van der Waals surface area contributed by atoms with Crippen molar-refractivity contribution in [2.75, 3.05) is 19.6 Å². The predicted octanol–water partition coefficient (Wildman–Crippen LogP) is 4.31. The van der Waals surface area contributed by atoms with Crippen LogP contribution in [0.25, 0.3) is 0 Å². The van der Waals surface area contributed by atoms with Gasteiger partial charge in [-0.3, -0.25) is 4.90 Å². The molecule has 112 valence electrons. The van der Waals surface area contributed by atoms with Gasteiger partial charge in [-0.05, 0) is 65.5 Å². The molecule has 1 N–H and O–H groups in total. The maximum Gasteiger partial charge on any atom is 0.0548 e. The van der Waals surface area contributed by atoms with E-state index in [9.17, 15) is 0 Å². The molecule has 1 aromatic carbocycles. The molecule has 2 rings (SSSR count). The Bertz CT molecular complexity index is 430. The number of benzene rings is 1. The van der Waals surface area contributed by atoms with Gasteiger partial charge >= 0.3 is 0 Å². The highest BCUT2D eigenvalue weighted by Crippen LogP contribution is 2.23. The molecule has 1 aliphatic rings. The molecule has 0 bridgehead atoms. The average molecular weight is 360 g/mol. The quantitative estimate of drug-likeness (QED) is 0.814. The third-order valence-corrected chi connectivity index (χ3v) is 5.26. The first-order chi connectivity index (χ1) is 9.58. The van der Waals surface area contributed by atoms with Crippen LogP contribution in [0.15, 0.2) is 22.7 Å². The zero-order valence-electron chi connectivity index (χ0n) is 12.3. The molecular weight excluding hydrogens is 336 g/mol. The summed E-state index contributed by atoms with van der Waals surface area (Å²) in [4.78, 5) is 2.63. The van der Waals surface area contributed by atoms with E-state index in [4.69, 9.17) is 11.6 Å². The molecular formula is C16H24BrClN2. The number of hydrogen-bond donors (Lipinski definition) is 1. The number of halogens is 2. The van der Waals surface area contributed by atoms with Crippen molar-refractivity contribution >= 4 is 27.5 Å². The summed E-state index contributed by atoms with van der Waals surface area (Å²) in [6, 6.07) is 6.77. The normalized spacial score (nSPS) is 17.9. The van der Waals surface area contributed by atoms with Crippen LogP contribution in [-0.4, -0.2) is 30.6 Å². The lowest BCUT2D eigenvalue weighted by molar-refractivity contribution is 0.186. The Morgan fingerprint density at radius 2 is 2.00 bits per heavy atom. The third kappa shape index (κ3) is 4.45. The van der Waals surface area contributed by atoms with Gasteiger partial charge in [-0.2, -0.15) is 0 Å². The van der Waals surface area contributed by atoms with Gasteiger partial charge in [0.1, 0.15) is 0 Å². The van der Waals surface area contributed by atoms with E-state index in [-0.39, 0.29) is 0 Å². The molecule has 0 amide bonds. The van der Waals surface area contributed by atoms with Crippen molar-refractivity contribution in [3.63, 3.8) is 0 Å². The summed E-state index contributed by atoms with van der Waals surface area (Å²) in [5.74, 6) is 0.692. The highest BCUT2D eigenvalue weighted by Gasteiger charge is 2.23. The number of rotatable bonds is 6. The standard InChI is InChI=1S/C16H24BrClN2/c1-12(2)16(20-7-3-4-8-20)11-19-10-13-5-6-15(18)14(17)9-13/h5-6,9,12,16,19H,3-4,7-8,10-11H2,1-2H3. The second-order valence-electron chi connectivity index (χ2n) is 5.93. The van der Waals surface area contributed by atoms with Crippen LogP contribution < -0.4 is 5.32 Å². The summed E-state index contributed by atoms with van der Waals surface area (Å²) in [6.45, 7) is 9.12. The molecule has 0 spiro atoms. The zero-order chi connectivity index (χ0) is 14.5.